The van der Waals surface area contributed by atoms with E-state index in [1.54, 1.807) is 47.3 Å². The van der Waals surface area contributed by atoms with Crippen LogP contribution in [0.15, 0.2) is 12.1 Å². The van der Waals surface area contributed by atoms with Gasteiger partial charge in [-0.15, -0.1) is 11.8 Å². The fraction of sp³-hybridized carbons (Fsp3) is 0.529. The Bertz CT molecular complexity index is 607. The number of aliphatic carboxylic acids is 1. The molecule has 1 amide bonds. The monoisotopic (exact) mass is 371 g/mol. The first-order chi connectivity index (χ1) is 11.7. The molecular weight excluding hydrogens is 346 g/mol. The standard InChI is InChI=1S/C17H25NO6S/c1-10(19)18-15(16(20)21)17(2,3)25-9-12-13(23-5)7-11(22-4)8-14(12)24-6/h7-8,15H,9H2,1-6H3,(H,18,19)(H,20,21)/t15-/m1/s1. The normalized spacial score (nSPS) is 12.2. The molecule has 0 fully saturated rings. The fourth-order valence-electron chi connectivity index (χ4n) is 2.30. The van der Waals surface area contributed by atoms with Crippen LogP contribution in [0.25, 0.3) is 0 Å². The lowest BCUT2D eigenvalue weighted by atomic mass is 10.0. The molecule has 25 heavy (non-hydrogen) atoms. The molecule has 0 radical (unpaired) electrons. The van der Waals surface area contributed by atoms with Crippen LogP contribution < -0.4 is 19.5 Å². The van der Waals surface area contributed by atoms with Gasteiger partial charge in [-0.1, -0.05) is 0 Å². The number of carbonyl (C=O) groups is 2. The highest BCUT2D eigenvalue weighted by Gasteiger charge is 2.37. The molecule has 0 aliphatic heterocycles. The van der Waals surface area contributed by atoms with Crippen LogP contribution in [0.3, 0.4) is 0 Å². The zero-order valence-electron chi connectivity index (χ0n) is 15.3. The van der Waals surface area contributed by atoms with E-state index in [4.69, 9.17) is 14.2 Å². The van der Waals surface area contributed by atoms with Gasteiger partial charge in [0.15, 0.2) is 0 Å². The van der Waals surface area contributed by atoms with E-state index in [1.165, 1.54) is 18.7 Å². The summed E-state index contributed by atoms with van der Waals surface area (Å²) in [6.45, 7) is 4.84. The molecule has 8 heteroatoms. The summed E-state index contributed by atoms with van der Waals surface area (Å²) in [5.41, 5.74) is 0.788. The van der Waals surface area contributed by atoms with Crippen LogP contribution in [0.1, 0.15) is 26.3 Å². The van der Waals surface area contributed by atoms with E-state index in [2.05, 4.69) is 5.32 Å². The SMILES string of the molecule is COc1cc(OC)c(CSC(C)(C)[C@H](NC(C)=O)C(=O)O)c(OC)c1. The van der Waals surface area contributed by atoms with E-state index in [-0.39, 0.29) is 5.91 Å². The van der Waals surface area contributed by atoms with Crippen molar-refractivity contribution < 1.29 is 28.9 Å². The van der Waals surface area contributed by atoms with E-state index in [1.807, 2.05) is 0 Å². The second kappa shape index (κ2) is 8.84. The second-order valence-corrected chi connectivity index (χ2v) is 7.50. The minimum Gasteiger partial charge on any atom is -0.496 e. The van der Waals surface area contributed by atoms with E-state index in [0.29, 0.717) is 23.0 Å². The van der Waals surface area contributed by atoms with E-state index < -0.39 is 16.8 Å². The first-order valence-corrected chi connectivity index (χ1v) is 8.57. The Balaban J connectivity index is 3.09. The molecule has 0 heterocycles. The van der Waals surface area contributed by atoms with Crippen molar-refractivity contribution in [2.24, 2.45) is 0 Å². The van der Waals surface area contributed by atoms with Crippen molar-refractivity contribution in [2.75, 3.05) is 21.3 Å². The number of hydrogen-bond donors (Lipinski definition) is 2. The predicted molar refractivity (Wildman–Crippen MR) is 96.7 cm³/mol. The molecule has 2 N–H and O–H groups in total. The molecule has 0 unspecified atom stereocenters. The number of carbonyl (C=O) groups excluding carboxylic acids is 1. The summed E-state index contributed by atoms with van der Waals surface area (Å²) >= 11 is 1.39. The Hall–Kier alpha value is -2.09. The number of carboxylic acids is 1. The third kappa shape index (κ3) is 5.45. The number of ether oxygens (including phenoxy) is 3. The minimum absolute atomic E-state index is 0.388. The van der Waals surface area contributed by atoms with Crippen LogP contribution in [0.4, 0.5) is 0 Å². The molecular formula is C17H25NO6S. The van der Waals surface area contributed by atoms with Gasteiger partial charge in [0.2, 0.25) is 5.91 Å². The van der Waals surface area contributed by atoms with Gasteiger partial charge in [-0.05, 0) is 13.8 Å². The summed E-state index contributed by atoms with van der Waals surface area (Å²) in [5.74, 6) is 0.745. The highest BCUT2D eigenvalue weighted by Crippen LogP contribution is 2.40. The van der Waals surface area contributed by atoms with Crippen LogP contribution >= 0.6 is 11.8 Å². The van der Waals surface area contributed by atoms with Gasteiger partial charge in [0.25, 0.3) is 0 Å². The largest absolute Gasteiger partial charge is 0.496 e. The van der Waals surface area contributed by atoms with Gasteiger partial charge < -0.3 is 24.6 Å². The maximum Gasteiger partial charge on any atom is 0.327 e. The molecule has 7 nitrogen and oxygen atoms in total. The molecule has 0 aliphatic carbocycles. The zero-order valence-corrected chi connectivity index (χ0v) is 16.2. The van der Waals surface area contributed by atoms with E-state index >= 15 is 0 Å². The van der Waals surface area contributed by atoms with Gasteiger partial charge in [0, 0.05) is 35.1 Å². The van der Waals surface area contributed by atoms with Gasteiger partial charge in [0.05, 0.1) is 21.3 Å². The summed E-state index contributed by atoms with van der Waals surface area (Å²) in [6, 6.07) is 2.46. The quantitative estimate of drug-likeness (QED) is 0.688. The number of benzene rings is 1. The molecule has 140 valence electrons. The van der Waals surface area contributed by atoms with E-state index in [9.17, 15) is 14.7 Å². The second-order valence-electron chi connectivity index (χ2n) is 5.87. The average Bonchev–Trinajstić information content (AvgIpc) is 2.56. The van der Waals surface area contributed by atoms with Crippen molar-refractivity contribution >= 4 is 23.6 Å². The first-order valence-electron chi connectivity index (χ1n) is 7.59. The Kier molecular flexibility index (Phi) is 7.41. The molecule has 0 aromatic heterocycles. The van der Waals surface area contributed by atoms with Crippen molar-refractivity contribution in [2.45, 2.75) is 37.3 Å². The molecule has 1 rings (SSSR count). The Morgan fingerprint density at radius 2 is 1.68 bits per heavy atom. The number of carboxylic acid groups (broad SMARTS) is 1. The number of amides is 1. The van der Waals surface area contributed by atoms with Gasteiger partial charge in [-0.2, -0.15) is 0 Å². The van der Waals surface area contributed by atoms with Gasteiger partial charge in [-0.25, -0.2) is 4.79 Å². The number of nitrogens with one attached hydrogen (secondary N) is 1. The Morgan fingerprint density at radius 1 is 1.16 bits per heavy atom. The summed E-state index contributed by atoms with van der Waals surface area (Å²) < 4.78 is 15.3. The predicted octanol–water partition coefficient (Wildman–Crippen LogP) is 2.31. The van der Waals surface area contributed by atoms with Crippen LogP contribution in [-0.2, 0) is 15.3 Å². The summed E-state index contributed by atoms with van der Waals surface area (Å²) in [4.78, 5) is 22.8. The van der Waals surface area contributed by atoms with Crippen molar-refractivity contribution in [1.82, 2.24) is 5.32 Å². The van der Waals surface area contributed by atoms with Crippen molar-refractivity contribution in [1.29, 1.82) is 0 Å². The van der Waals surface area contributed by atoms with Crippen molar-refractivity contribution in [3.05, 3.63) is 17.7 Å². The summed E-state index contributed by atoms with van der Waals surface area (Å²) in [7, 11) is 4.65. The molecule has 0 spiro atoms. The summed E-state index contributed by atoms with van der Waals surface area (Å²) in [6.07, 6.45) is 0. The molecule has 0 bridgehead atoms. The Morgan fingerprint density at radius 3 is 2.04 bits per heavy atom. The smallest absolute Gasteiger partial charge is 0.327 e. The third-order valence-electron chi connectivity index (χ3n) is 3.70. The van der Waals surface area contributed by atoms with Crippen molar-refractivity contribution in [3.8, 4) is 17.2 Å². The number of rotatable bonds is 9. The van der Waals surface area contributed by atoms with Crippen LogP contribution in [0, 0.1) is 0 Å². The van der Waals surface area contributed by atoms with Gasteiger partial charge >= 0.3 is 5.97 Å². The maximum absolute atomic E-state index is 11.5. The Labute approximate surface area is 152 Å². The van der Waals surface area contributed by atoms with Gasteiger partial charge in [-0.3, -0.25) is 4.79 Å². The number of hydrogen-bond acceptors (Lipinski definition) is 6. The maximum atomic E-state index is 11.5. The van der Waals surface area contributed by atoms with Gasteiger partial charge in [0.1, 0.15) is 23.3 Å². The lowest BCUT2D eigenvalue weighted by Crippen LogP contribution is -2.52. The third-order valence-corrected chi connectivity index (χ3v) is 5.11. The first kappa shape index (κ1) is 21.0. The lowest BCUT2D eigenvalue weighted by Gasteiger charge is -2.31. The molecule has 0 aliphatic rings. The van der Waals surface area contributed by atoms with Crippen LogP contribution in [0.5, 0.6) is 17.2 Å². The molecule has 0 saturated carbocycles. The highest BCUT2D eigenvalue weighted by molar-refractivity contribution is 7.99. The van der Waals surface area contributed by atoms with Crippen LogP contribution in [-0.4, -0.2) is 49.1 Å². The fourth-order valence-corrected chi connectivity index (χ4v) is 3.43. The highest BCUT2D eigenvalue weighted by atomic mass is 32.2. The number of methoxy groups -OCH3 is 3. The molecule has 1 aromatic rings. The average molecular weight is 371 g/mol. The lowest BCUT2D eigenvalue weighted by molar-refractivity contribution is -0.142. The van der Waals surface area contributed by atoms with Crippen LogP contribution in [0.2, 0.25) is 0 Å². The van der Waals surface area contributed by atoms with Crippen molar-refractivity contribution in [3.63, 3.8) is 0 Å². The molecule has 0 saturated heterocycles. The zero-order chi connectivity index (χ0) is 19.2. The minimum atomic E-state index is -1.08. The topological polar surface area (TPSA) is 94.1 Å². The molecule has 1 aromatic carbocycles. The van der Waals surface area contributed by atoms with E-state index in [0.717, 1.165) is 5.56 Å². The number of thioether (sulfide) groups is 1. The molecule has 1 atom stereocenters. The summed E-state index contributed by atoms with van der Waals surface area (Å²) in [5, 5.41) is 11.9.